The van der Waals surface area contributed by atoms with Crippen LogP contribution in [0.25, 0.3) is 44.2 Å². The van der Waals surface area contributed by atoms with Crippen LogP contribution in [-0.4, -0.2) is 40.7 Å². The molecule has 76 heavy (non-hydrogen) atoms. The first-order valence-corrected chi connectivity index (χ1v) is 22.9. The van der Waals surface area contributed by atoms with Crippen LogP contribution in [0.4, 0.5) is 26.3 Å². The summed E-state index contributed by atoms with van der Waals surface area (Å²) in [4.78, 5) is 47.1. The van der Waals surface area contributed by atoms with Crippen LogP contribution < -0.4 is 39.8 Å². The normalized spacial score (nSPS) is 11.2. The summed E-state index contributed by atoms with van der Waals surface area (Å²) in [5.41, 5.74) is 16.0. The van der Waals surface area contributed by atoms with E-state index in [2.05, 4.69) is 0 Å². The van der Waals surface area contributed by atoms with E-state index in [-0.39, 0.29) is 115 Å². The molecule has 0 aliphatic carbocycles. The number of furan rings is 2. The largest absolute Gasteiger partial charge is 1.00 e. The van der Waals surface area contributed by atoms with Crippen LogP contribution in [0.1, 0.15) is 86.0 Å². The molecule has 20 heteroatoms. The first-order chi connectivity index (χ1) is 35.2. The number of carboxylic acid groups (broad SMARTS) is 1. The van der Waals surface area contributed by atoms with Gasteiger partial charge in [0.1, 0.15) is 59.5 Å². The Morgan fingerprint density at radius 2 is 1.00 bits per heavy atom. The number of carbonyl (C=O) groups excluding carboxylic acids is 3. The minimum absolute atomic E-state index is 0. The number of ketones is 2. The predicted molar refractivity (Wildman–Crippen MR) is 264 cm³/mol. The van der Waals surface area contributed by atoms with E-state index in [4.69, 9.17) is 34.5 Å². The van der Waals surface area contributed by atoms with E-state index in [0.717, 1.165) is 11.1 Å². The van der Waals surface area contributed by atoms with Gasteiger partial charge in [0.2, 0.25) is 0 Å². The number of Topliss-reactive ketones (excluding diaryl/α,β-unsaturated/α-hetero) is 2. The van der Waals surface area contributed by atoms with Crippen molar-refractivity contribution in [3.05, 3.63) is 177 Å². The zero-order valence-corrected chi connectivity index (χ0v) is 41.5. The molecule has 0 aliphatic rings. The number of hydrogen-bond acceptors (Lipinski definition) is 12. The second-order valence-electron chi connectivity index (χ2n) is 17.0. The zero-order chi connectivity index (χ0) is 53.5. The number of hydrogen-bond donors (Lipinski definition) is 3. The number of benzene rings is 6. The molecule has 392 valence electrons. The Kier molecular flexibility index (Phi) is 19.7. The molecule has 8 rings (SSSR count). The first kappa shape index (κ1) is 59.2. The Hall–Kier alpha value is -7.66. The monoisotopic (exact) mass is 1050 g/mol. The summed E-state index contributed by atoms with van der Waals surface area (Å²) >= 11 is 0. The second kappa shape index (κ2) is 25.2. The number of ether oxygens (including phenoxy) is 3. The number of carbonyl (C=O) groups is 4. The molecule has 0 radical (unpaired) electrons. The van der Waals surface area contributed by atoms with Gasteiger partial charge in [-0.2, -0.15) is 26.3 Å². The second-order valence-corrected chi connectivity index (χ2v) is 17.0. The van der Waals surface area contributed by atoms with Crippen molar-refractivity contribution in [3.63, 3.8) is 0 Å². The number of carboxylic acids is 1. The van der Waals surface area contributed by atoms with E-state index in [1.165, 1.54) is 50.2 Å². The van der Waals surface area contributed by atoms with Gasteiger partial charge in [-0.3, -0.25) is 19.2 Å². The zero-order valence-electron chi connectivity index (χ0n) is 41.5. The molecule has 6 N–H and O–H groups in total. The number of nitrogens with two attached hydrogens (primary N) is 2. The Morgan fingerprint density at radius 1 is 0.579 bits per heavy atom. The van der Waals surface area contributed by atoms with Crippen LogP contribution in [0.15, 0.2) is 131 Å². The smallest absolute Gasteiger partial charge is 0.870 e. The van der Waals surface area contributed by atoms with E-state index >= 15 is 0 Å². The van der Waals surface area contributed by atoms with Gasteiger partial charge in [0, 0.05) is 57.2 Å². The van der Waals surface area contributed by atoms with Gasteiger partial charge in [0.15, 0.2) is 11.6 Å². The maximum Gasteiger partial charge on any atom is 1.00 e. The predicted octanol–water partition coefficient (Wildman–Crippen LogP) is 9.28. The van der Waals surface area contributed by atoms with Crippen molar-refractivity contribution >= 4 is 45.4 Å². The third-order valence-corrected chi connectivity index (χ3v) is 11.7. The Labute approximate surface area is 443 Å². The van der Waals surface area contributed by atoms with Crippen molar-refractivity contribution in [1.29, 1.82) is 0 Å². The van der Waals surface area contributed by atoms with Crippen LogP contribution >= 0.6 is 0 Å². The van der Waals surface area contributed by atoms with Crippen molar-refractivity contribution in [1.82, 2.24) is 0 Å². The number of aliphatic carboxylic acids is 1. The standard InChI is InChI=1S/C29H26F3NO5.C27H22F3NO5.Li.H2O/c1-3-36-27(35)13-22-8-7-20(17(2)34)12-26(22)37-15-19-10-23(21-6-4-5-18(9-21)14-33)28-24(11-19)25(16-38-28)29(30,31)32;1-15(32)18-5-6-20(11-25(33)34)24(10-18)35-13-17-8-21(19-4-2-3-16(7-19)12-31)26-22(9-17)23(14-36-26)27(28,29)30;;/h4-12,16H,3,13-15,33H2,1-2H3;2-10,14H,11-13,31H2,1H3,(H,33,34);;1H2/q;;+1;/p-1. The molecule has 2 aromatic heterocycles. The molecule has 8 aromatic rings. The number of halogens is 6. The van der Waals surface area contributed by atoms with Crippen molar-refractivity contribution in [2.75, 3.05) is 6.61 Å². The Balaban J connectivity index is 0.000000274. The molecular formula is C56H49F6LiN2O11. The molecule has 0 fully saturated rings. The summed E-state index contributed by atoms with van der Waals surface area (Å²) in [7, 11) is 0. The molecule has 2 heterocycles. The van der Waals surface area contributed by atoms with Gasteiger partial charge in [0.25, 0.3) is 0 Å². The first-order valence-electron chi connectivity index (χ1n) is 22.9. The average molecular weight is 1050 g/mol. The van der Waals surface area contributed by atoms with Gasteiger partial charge in [-0.15, -0.1) is 0 Å². The fraction of sp³-hybridized carbons (Fsp3) is 0.214. The third kappa shape index (κ3) is 14.2. The molecule has 0 aliphatic heterocycles. The van der Waals surface area contributed by atoms with Crippen LogP contribution in [0.2, 0.25) is 0 Å². The maximum absolute atomic E-state index is 13.8. The van der Waals surface area contributed by atoms with Crippen molar-refractivity contribution < 1.29 is 98.0 Å². The average Bonchev–Trinajstić information content (AvgIpc) is 4.01. The molecule has 0 bridgehead atoms. The van der Waals surface area contributed by atoms with Gasteiger partial charge in [-0.1, -0.05) is 60.7 Å². The van der Waals surface area contributed by atoms with Crippen molar-refractivity contribution in [2.24, 2.45) is 11.5 Å². The fourth-order valence-corrected chi connectivity index (χ4v) is 8.12. The summed E-state index contributed by atoms with van der Waals surface area (Å²) in [5.74, 6) is -1.56. The molecule has 13 nitrogen and oxygen atoms in total. The minimum atomic E-state index is -4.63. The van der Waals surface area contributed by atoms with Crippen LogP contribution in [-0.2, 0) is 65.8 Å². The van der Waals surface area contributed by atoms with Crippen LogP contribution in [0, 0.1) is 0 Å². The summed E-state index contributed by atoms with van der Waals surface area (Å²) in [6.07, 6.45) is -8.29. The molecule has 0 saturated carbocycles. The summed E-state index contributed by atoms with van der Waals surface area (Å²) in [5, 5.41) is 8.99. The maximum atomic E-state index is 13.8. The van der Waals surface area contributed by atoms with E-state index in [0.29, 0.717) is 68.2 Å². The quantitative estimate of drug-likeness (QED) is 0.0335. The molecule has 0 unspecified atom stereocenters. The van der Waals surface area contributed by atoms with Gasteiger partial charge in [-0.25, -0.2) is 0 Å². The summed E-state index contributed by atoms with van der Waals surface area (Å²) in [6.45, 7) is 4.89. The molecular weight excluding hydrogens is 998 g/mol. The number of esters is 1. The van der Waals surface area contributed by atoms with E-state index in [9.17, 15) is 50.6 Å². The third-order valence-electron chi connectivity index (χ3n) is 11.7. The fourth-order valence-electron chi connectivity index (χ4n) is 8.12. The Morgan fingerprint density at radius 3 is 1.37 bits per heavy atom. The van der Waals surface area contributed by atoms with Gasteiger partial charge < -0.3 is 45.1 Å². The molecule has 0 atom stereocenters. The van der Waals surface area contributed by atoms with Crippen molar-refractivity contribution in [3.8, 4) is 33.8 Å². The number of fused-ring (bicyclic) bond motifs is 2. The topological polar surface area (TPSA) is 225 Å². The van der Waals surface area contributed by atoms with Gasteiger partial charge in [0.05, 0.1) is 19.4 Å². The molecule has 0 amide bonds. The molecule has 6 aromatic carbocycles. The van der Waals surface area contributed by atoms with Crippen LogP contribution in [0.5, 0.6) is 11.5 Å². The summed E-state index contributed by atoms with van der Waals surface area (Å²) < 4.78 is 110. The van der Waals surface area contributed by atoms with Crippen molar-refractivity contribution in [2.45, 2.75) is 72.3 Å². The van der Waals surface area contributed by atoms with Gasteiger partial charge >= 0.3 is 43.2 Å². The van der Waals surface area contributed by atoms with E-state index < -0.39 is 35.4 Å². The van der Waals surface area contributed by atoms with Gasteiger partial charge in [-0.05, 0) is 103 Å². The number of rotatable bonds is 17. The number of alkyl halides is 6. The minimum Gasteiger partial charge on any atom is -0.870 e. The van der Waals surface area contributed by atoms with E-state index in [1.54, 1.807) is 67.6 Å². The molecule has 0 saturated heterocycles. The van der Waals surface area contributed by atoms with Crippen LogP contribution in [0.3, 0.4) is 0 Å². The Bertz CT molecular complexity index is 3400. The summed E-state index contributed by atoms with van der Waals surface area (Å²) in [6, 6.07) is 29.4. The van der Waals surface area contributed by atoms with E-state index in [1.807, 2.05) is 12.1 Å². The SMILES string of the molecule is CC(=O)c1ccc(CC(=O)O)c(OCc2cc(-c3cccc(CN)c3)c3occ(C(F)(F)F)c3c2)c1.CCOC(=O)Cc1ccc(C(C)=O)cc1OCc1cc(-c2cccc(CN)c2)c2occ(C(F)(F)F)c2c1.[Li+].[OH-]. The molecule has 0 spiro atoms.